The minimum Gasteiger partial charge on any atom is -0.0856 e. The van der Waals surface area contributed by atoms with Crippen molar-refractivity contribution >= 4 is 0 Å². The third kappa shape index (κ3) is 85.2. The van der Waals surface area contributed by atoms with Gasteiger partial charge in [0.05, 0.1) is 0 Å². The van der Waals surface area contributed by atoms with E-state index >= 15 is 0 Å². The van der Waals surface area contributed by atoms with Gasteiger partial charge in [-0.25, -0.2) is 0 Å². The molecule has 0 heteroatoms. The highest BCUT2D eigenvalue weighted by Crippen LogP contribution is 2.30. The maximum atomic E-state index is 2.48. The van der Waals surface area contributed by atoms with Crippen LogP contribution in [0.25, 0.3) is 11.1 Å². The lowest BCUT2D eigenvalue weighted by Gasteiger charge is -2.16. The predicted molar refractivity (Wildman–Crippen MR) is 539 cm³/mol. The van der Waals surface area contributed by atoms with Crippen LogP contribution in [-0.2, 0) is 6.42 Å². The van der Waals surface area contributed by atoms with E-state index in [2.05, 4.69) is 389 Å². The first-order chi connectivity index (χ1) is 53.8. The third-order valence-corrected chi connectivity index (χ3v) is 21.0. The quantitative estimate of drug-likeness (QED) is 0.0580. The predicted octanol–water partition coefficient (Wildman–Crippen LogP) is 40.4. The van der Waals surface area contributed by atoms with E-state index in [-0.39, 0.29) is 0 Å². The van der Waals surface area contributed by atoms with Crippen molar-refractivity contribution in [1.29, 1.82) is 0 Å². The van der Waals surface area contributed by atoms with Crippen molar-refractivity contribution in [3.8, 4) is 11.1 Å². The molecular weight excluding hydrogens is 1390 g/mol. The van der Waals surface area contributed by atoms with Crippen LogP contribution in [0.15, 0.2) is 218 Å². The summed E-state index contributed by atoms with van der Waals surface area (Å²) in [6.07, 6.45) is 73.3. The van der Waals surface area contributed by atoms with Crippen LogP contribution < -0.4 is 0 Å². The first-order valence-corrected chi connectivity index (χ1v) is 47.1. The Balaban J connectivity index is -0.00000138. The van der Waals surface area contributed by atoms with Crippen molar-refractivity contribution in [2.24, 2.45) is 44.8 Å². The van der Waals surface area contributed by atoms with Crippen molar-refractivity contribution in [3.63, 3.8) is 0 Å². The van der Waals surface area contributed by atoms with Crippen LogP contribution in [-0.4, -0.2) is 0 Å². The minimum atomic E-state index is 0.355. The van der Waals surface area contributed by atoms with Crippen LogP contribution in [0.1, 0.15) is 454 Å². The molecule has 2 aromatic carbocycles. The second-order valence-electron chi connectivity index (χ2n) is 43.4. The first-order valence-electron chi connectivity index (χ1n) is 47.1. The fraction of sp³-hybridized carbons (Fsp3) is 0.655. The smallest absolute Gasteiger partial charge is 0.0136 e. The number of allylic oxidation sites excluding steroid dienone is 28. The van der Waals surface area contributed by atoms with E-state index in [4.69, 9.17) is 0 Å². The van der Waals surface area contributed by atoms with Gasteiger partial charge in [0.15, 0.2) is 0 Å². The van der Waals surface area contributed by atoms with E-state index in [9.17, 15) is 0 Å². The van der Waals surface area contributed by atoms with Gasteiger partial charge in [0.1, 0.15) is 0 Å². The monoisotopic (exact) mass is 1590 g/mol. The molecule has 0 saturated heterocycles. The molecule has 0 fully saturated rings. The number of benzene rings is 2. The minimum absolute atomic E-state index is 0.355. The van der Waals surface area contributed by atoms with E-state index in [1.165, 1.54) is 251 Å². The Labute approximate surface area is 729 Å². The SMILES string of the molecule is C/C(=C\CC(C)(C)C)CCCC(C)CCCC(C)CCCC(C)C.CC(C)=CC/C(=C\CC(C)(C)C)CCc1ccc(-c2ccccc2)cc1.CC(C)=CCC/C(C)=C/CC/C(=C/CC(C)(C)C)CC=C(C)C.CC(C)=CCC/C(C)=C/CC/C(C)=C/CC/C(C)=C/CC(C)(C)C.CC(C)=CCC/C(C)=C\CC/C(C)=C\CC(C)(C)C. The van der Waals surface area contributed by atoms with Gasteiger partial charge in [0.25, 0.3) is 0 Å². The summed E-state index contributed by atoms with van der Waals surface area (Å²) in [5.74, 6) is 2.71. The molecule has 2 rings (SSSR count). The summed E-state index contributed by atoms with van der Waals surface area (Å²) in [6, 6.07) is 19.7. The normalized spacial score (nSPS) is 13.7. The van der Waals surface area contributed by atoms with Crippen molar-refractivity contribution in [2.75, 3.05) is 0 Å². The van der Waals surface area contributed by atoms with E-state index in [0.717, 1.165) is 49.9 Å². The average Bonchev–Trinajstić information content (AvgIpc) is 0.863. The lowest BCUT2D eigenvalue weighted by molar-refractivity contribution is 0.388. The van der Waals surface area contributed by atoms with E-state index in [1.54, 1.807) is 16.7 Å². The molecule has 662 valence electrons. The molecule has 2 atom stereocenters. The number of rotatable bonds is 46. The first kappa shape index (κ1) is 115. The molecule has 0 aliphatic carbocycles. The van der Waals surface area contributed by atoms with Gasteiger partial charge in [0.2, 0.25) is 0 Å². The van der Waals surface area contributed by atoms with Gasteiger partial charge in [-0.1, -0.05) is 394 Å². The molecule has 0 radical (unpaired) electrons. The Morgan fingerprint density at radius 2 is 0.509 bits per heavy atom. The Hall–Kier alpha value is -5.20. The highest BCUT2D eigenvalue weighted by molar-refractivity contribution is 5.63. The van der Waals surface area contributed by atoms with Crippen molar-refractivity contribution in [1.82, 2.24) is 0 Å². The molecule has 116 heavy (non-hydrogen) atoms. The van der Waals surface area contributed by atoms with Gasteiger partial charge in [-0.2, -0.15) is 0 Å². The Kier molecular flexibility index (Phi) is 65.9. The summed E-state index contributed by atoms with van der Waals surface area (Å²) < 4.78 is 0. The van der Waals surface area contributed by atoms with Gasteiger partial charge in [0, 0.05) is 0 Å². The summed E-state index contributed by atoms with van der Waals surface area (Å²) >= 11 is 0. The largest absolute Gasteiger partial charge is 0.0856 e. The average molecular weight is 1590 g/mol. The Morgan fingerprint density at radius 3 is 0.819 bits per heavy atom. The second kappa shape index (κ2) is 66.5. The molecule has 0 spiro atoms. The van der Waals surface area contributed by atoms with Gasteiger partial charge < -0.3 is 0 Å². The lowest BCUT2D eigenvalue weighted by atomic mass is 9.89. The second-order valence-corrected chi connectivity index (χ2v) is 43.4. The zero-order valence-corrected chi connectivity index (χ0v) is 84.6. The molecule has 2 unspecified atom stereocenters. The standard InChI is InChI=1S/C26H34.C24H48.C24H42.C23H40.C19H34/c1-21(2)11-12-23(19-20-26(3,4)5)14-13-22-15-17-25(18-16-22)24-9-7-6-8-10-24;2*1-20(2)12-9-13-21(3)14-10-15-22(4)16-11-17-23(5)18-19-24(6,7)8;1-19(2)11-9-12-21(5)13-10-14-22(16-15-20(3)4)17-18-23(6,7)8;1-16(2)10-8-11-17(3)12-9-13-18(4)14-15-19(5,6)7/h6-11,15-19H,12-14,20H2,1-5H3;18,20-22H,9-17,19H2,1-8H3;12,14,16,18H,9-11,13,15,17,19H2,1-8H3;11,13,15,17H,9-10,12,14,16,18H2,1-8H3;10,12,14H,8-9,11,13,15H2,1-7H3/b23-19+;23-18+;21-14+,22-16+,23-18+;21-13+,22-17-;17-12-,18-14-. The highest BCUT2D eigenvalue weighted by atomic mass is 14.2. The third-order valence-electron chi connectivity index (χ3n) is 21.0. The molecular formula is C116H198. The number of aryl methyl sites for hydroxylation is 1. The maximum absolute atomic E-state index is 2.48. The fourth-order valence-electron chi connectivity index (χ4n) is 12.7. The number of hydrogen-bond acceptors (Lipinski definition) is 0. The molecule has 0 aliphatic rings. The lowest BCUT2D eigenvalue weighted by Crippen LogP contribution is -2.03. The summed E-state index contributed by atoms with van der Waals surface area (Å²) in [5, 5.41) is 0. The molecule has 0 aromatic heterocycles. The van der Waals surface area contributed by atoms with Crippen molar-refractivity contribution < 1.29 is 0 Å². The van der Waals surface area contributed by atoms with Crippen LogP contribution in [0.2, 0.25) is 0 Å². The van der Waals surface area contributed by atoms with Crippen molar-refractivity contribution in [3.05, 3.63) is 223 Å². The van der Waals surface area contributed by atoms with Gasteiger partial charge in [-0.3, -0.25) is 0 Å². The van der Waals surface area contributed by atoms with Crippen LogP contribution >= 0.6 is 0 Å². The Bertz CT molecular complexity index is 3270. The number of hydrogen-bond donors (Lipinski definition) is 0. The Morgan fingerprint density at radius 1 is 0.250 bits per heavy atom. The molecule has 0 amide bonds. The molecule has 0 saturated carbocycles. The molecule has 0 N–H and O–H groups in total. The van der Waals surface area contributed by atoms with E-state index in [1.807, 2.05) is 0 Å². The molecule has 0 nitrogen and oxygen atoms in total. The van der Waals surface area contributed by atoms with Crippen LogP contribution in [0.3, 0.4) is 0 Å². The summed E-state index contributed by atoms with van der Waals surface area (Å²) in [6.45, 7) is 81.9. The zero-order valence-electron chi connectivity index (χ0n) is 84.6. The zero-order chi connectivity index (χ0) is 88.9. The topological polar surface area (TPSA) is 0 Å². The van der Waals surface area contributed by atoms with Crippen molar-refractivity contribution in [2.45, 2.75) is 455 Å². The molecule has 2 aromatic rings. The summed E-state index contributed by atoms with van der Waals surface area (Å²) in [5.41, 5.74) is 27.0. The maximum Gasteiger partial charge on any atom is -0.0136 e. The molecule has 0 heterocycles. The van der Waals surface area contributed by atoms with Crippen LogP contribution in [0, 0.1) is 44.8 Å². The summed E-state index contributed by atoms with van der Waals surface area (Å²) in [4.78, 5) is 0. The van der Waals surface area contributed by atoms with Crippen LogP contribution in [0.5, 0.6) is 0 Å². The van der Waals surface area contributed by atoms with E-state index in [0.29, 0.717) is 27.1 Å². The van der Waals surface area contributed by atoms with E-state index < -0.39 is 0 Å². The van der Waals surface area contributed by atoms with Gasteiger partial charge in [-0.15, -0.1) is 0 Å². The van der Waals surface area contributed by atoms with Gasteiger partial charge in [-0.05, 0) is 340 Å². The highest BCUT2D eigenvalue weighted by Gasteiger charge is 2.14. The molecule has 0 aliphatic heterocycles. The summed E-state index contributed by atoms with van der Waals surface area (Å²) in [7, 11) is 0. The van der Waals surface area contributed by atoms with Crippen LogP contribution in [0.4, 0.5) is 0 Å². The molecule has 0 bridgehead atoms. The fourth-order valence-corrected chi connectivity index (χ4v) is 12.7. The van der Waals surface area contributed by atoms with Gasteiger partial charge >= 0.3 is 0 Å².